The van der Waals surface area contributed by atoms with Gasteiger partial charge in [0.25, 0.3) is 0 Å². The van der Waals surface area contributed by atoms with Crippen LogP contribution in [0, 0.1) is 24.7 Å². The summed E-state index contributed by atoms with van der Waals surface area (Å²) in [7, 11) is 0. The number of aryl methyl sites for hydroxylation is 2. The number of ether oxygens (including phenoxy) is 1. The van der Waals surface area contributed by atoms with Crippen molar-refractivity contribution in [2.75, 3.05) is 36.9 Å². The SMILES string of the molecule is Cc1nc(N)ncc1-c1cc(C#Cc2ccc(CCC(=O)CC(C)C)cc2)cc(N2CCOCC2)n1. The third kappa shape index (κ3) is 6.89. The molecule has 1 saturated heterocycles. The summed E-state index contributed by atoms with van der Waals surface area (Å²) >= 11 is 0. The van der Waals surface area contributed by atoms with Gasteiger partial charge in [-0.05, 0) is 49.1 Å². The van der Waals surface area contributed by atoms with Gasteiger partial charge in [0.05, 0.1) is 24.6 Å². The number of hydrogen-bond donors (Lipinski definition) is 1. The van der Waals surface area contributed by atoms with E-state index >= 15 is 0 Å². The number of carbonyl (C=O) groups is 1. The van der Waals surface area contributed by atoms with Gasteiger partial charge in [-0.15, -0.1) is 0 Å². The molecular formula is C29H33N5O2. The first-order chi connectivity index (χ1) is 17.4. The van der Waals surface area contributed by atoms with E-state index in [0.717, 1.165) is 59.0 Å². The molecule has 0 bridgehead atoms. The molecule has 0 unspecified atom stereocenters. The number of morpholine rings is 1. The largest absolute Gasteiger partial charge is 0.378 e. The zero-order valence-corrected chi connectivity index (χ0v) is 21.3. The quantitative estimate of drug-likeness (QED) is 0.503. The van der Waals surface area contributed by atoms with Gasteiger partial charge in [-0.25, -0.2) is 15.0 Å². The molecule has 7 heteroatoms. The van der Waals surface area contributed by atoms with Crippen LogP contribution in [-0.4, -0.2) is 47.0 Å². The summed E-state index contributed by atoms with van der Waals surface area (Å²) in [6, 6.07) is 12.1. The normalized spacial score (nSPS) is 13.4. The minimum absolute atomic E-state index is 0.244. The molecule has 0 spiro atoms. The Kier molecular flexibility index (Phi) is 8.29. The number of pyridine rings is 1. The highest BCUT2D eigenvalue weighted by Crippen LogP contribution is 2.25. The third-order valence-corrected chi connectivity index (χ3v) is 6.05. The van der Waals surface area contributed by atoms with Gasteiger partial charge in [-0.2, -0.15) is 0 Å². The molecule has 0 aliphatic carbocycles. The number of aromatic nitrogens is 3. The average molecular weight is 484 g/mol. The highest BCUT2D eigenvalue weighted by atomic mass is 16.5. The van der Waals surface area contributed by atoms with Crippen molar-refractivity contribution in [3.63, 3.8) is 0 Å². The van der Waals surface area contributed by atoms with Crippen LogP contribution in [0.2, 0.25) is 0 Å². The zero-order valence-electron chi connectivity index (χ0n) is 21.3. The second kappa shape index (κ2) is 11.8. The molecule has 1 aromatic carbocycles. The highest BCUT2D eigenvalue weighted by molar-refractivity contribution is 5.78. The molecule has 3 aromatic rings. The number of nitrogen functional groups attached to an aromatic ring is 1. The smallest absolute Gasteiger partial charge is 0.220 e. The van der Waals surface area contributed by atoms with Gasteiger partial charge in [0.2, 0.25) is 5.95 Å². The number of ketones is 1. The minimum atomic E-state index is 0.244. The fourth-order valence-corrected chi connectivity index (χ4v) is 4.16. The van der Waals surface area contributed by atoms with Gasteiger partial charge >= 0.3 is 0 Å². The lowest BCUT2D eigenvalue weighted by atomic mass is 10.0. The van der Waals surface area contributed by atoms with Gasteiger partial charge in [-0.3, -0.25) is 4.79 Å². The van der Waals surface area contributed by atoms with Gasteiger partial charge in [-0.1, -0.05) is 37.8 Å². The number of rotatable bonds is 7. The lowest BCUT2D eigenvalue weighted by Crippen LogP contribution is -2.36. The van der Waals surface area contributed by atoms with Crippen molar-refractivity contribution in [2.24, 2.45) is 5.92 Å². The Labute approximate surface area is 213 Å². The van der Waals surface area contributed by atoms with Crippen LogP contribution in [0.3, 0.4) is 0 Å². The summed E-state index contributed by atoms with van der Waals surface area (Å²) in [5.74, 6) is 8.41. The second-order valence-corrected chi connectivity index (χ2v) is 9.51. The van der Waals surface area contributed by atoms with E-state index in [0.29, 0.717) is 37.8 Å². The second-order valence-electron chi connectivity index (χ2n) is 9.51. The van der Waals surface area contributed by atoms with Crippen LogP contribution in [0.5, 0.6) is 0 Å². The van der Waals surface area contributed by atoms with Crippen molar-refractivity contribution in [1.29, 1.82) is 0 Å². The Hall–Kier alpha value is -3.76. The first-order valence-corrected chi connectivity index (χ1v) is 12.4. The minimum Gasteiger partial charge on any atom is -0.378 e. The fraction of sp³-hybridized carbons (Fsp3) is 0.379. The summed E-state index contributed by atoms with van der Waals surface area (Å²) < 4.78 is 5.51. The number of nitrogens with two attached hydrogens (primary N) is 1. The topological polar surface area (TPSA) is 94.2 Å². The summed E-state index contributed by atoms with van der Waals surface area (Å²) in [5, 5.41) is 0. The van der Waals surface area contributed by atoms with E-state index in [2.05, 4.69) is 52.7 Å². The van der Waals surface area contributed by atoms with Crippen LogP contribution >= 0.6 is 0 Å². The molecule has 1 aliphatic rings. The van der Waals surface area contributed by atoms with E-state index in [4.69, 9.17) is 15.5 Å². The molecule has 2 aromatic heterocycles. The van der Waals surface area contributed by atoms with Crippen LogP contribution in [0.4, 0.5) is 11.8 Å². The van der Waals surface area contributed by atoms with E-state index in [9.17, 15) is 4.79 Å². The van der Waals surface area contributed by atoms with Gasteiger partial charge in [0, 0.05) is 48.8 Å². The molecule has 0 atom stereocenters. The van der Waals surface area contributed by atoms with Crippen molar-refractivity contribution in [3.05, 3.63) is 65.0 Å². The monoisotopic (exact) mass is 483 g/mol. The lowest BCUT2D eigenvalue weighted by Gasteiger charge is -2.28. The van der Waals surface area contributed by atoms with E-state index in [-0.39, 0.29) is 5.95 Å². The molecule has 36 heavy (non-hydrogen) atoms. The number of carbonyl (C=O) groups excluding carboxylic acids is 1. The van der Waals surface area contributed by atoms with E-state index < -0.39 is 0 Å². The maximum Gasteiger partial charge on any atom is 0.220 e. The molecule has 4 rings (SSSR count). The van der Waals surface area contributed by atoms with Gasteiger partial charge in [0.1, 0.15) is 11.6 Å². The summed E-state index contributed by atoms with van der Waals surface area (Å²) in [4.78, 5) is 27.6. The van der Waals surface area contributed by atoms with Gasteiger partial charge in [0.15, 0.2) is 0 Å². The van der Waals surface area contributed by atoms with Crippen LogP contribution in [0.15, 0.2) is 42.6 Å². The molecule has 186 valence electrons. The Morgan fingerprint density at radius 1 is 1.08 bits per heavy atom. The Balaban J connectivity index is 1.56. The van der Waals surface area contributed by atoms with Crippen LogP contribution in [-0.2, 0) is 16.0 Å². The van der Waals surface area contributed by atoms with E-state index in [1.54, 1.807) is 6.20 Å². The summed E-state index contributed by atoms with van der Waals surface area (Å²) in [5.41, 5.74) is 11.1. The summed E-state index contributed by atoms with van der Waals surface area (Å²) in [6.45, 7) is 8.96. The van der Waals surface area contributed by atoms with E-state index in [1.807, 2.05) is 31.2 Å². The Morgan fingerprint density at radius 3 is 2.50 bits per heavy atom. The number of Topliss-reactive ketones (excluding diaryl/α,β-unsaturated/α-hetero) is 1. The standard InChI is InChI=1S/C29H33N5O2/c1-20(2)16-25(35)11-10-23-6-4-22(5-7-23)8-9-24-17-27(26-19-31-29(30)32-21(26)3)33-28(18-24)34-12-14-36-15-13-34/h4-7,17-20H,10-16H2,1-3H3,(H2,30,31,32). The van der Waals surface area contributed by atoms with Crippen molar-refractivity contribution < 1.29 is 9.53 Å². The molecule has 0 amide bonds. The molecule has 1 aliphatic heterocycles. The average Bonchev–Trinajstić information content (AvgIpc) is 2.87. The molecular weight excluding hydrogens is 450 g/mol. The number of hydrogen-bond acceptors (Lipinski definition) is 7. The van der Waals surface area contributed by atoms with E-state index in [1.165, 1.54) is 0 Å². The predicted molar refractivity (Wildman–Crippen MR) is 143 cm³/mol. The molecule has 2 N–H and O–H groups in total. The number of anilines is 2. The third-order valence-electron chi connectivity index (χ3n) is 6.05. The summed E-state index contributed by atoms with van der Waals surface area (Å²) in [6.07, 6.45) is 3.71. The fourth-order valence-electron chi connectivity index (χ4n) is 4.16. The van der Waals surface area contributed by atoms with Gasteiger partial charge < -0.3 is 15.4 Å². The van der Waals surface area contributed by atoms with Crippen LogP contribution in [0.25, 0.3) is 11.3 Å². The molecule has 0 radical (unpaired) electrons. The van der Waals surface area contributed by atoms with Crippen molar-refractivity contribution in [3.8, 4) is 23.1 Å². The van der Waals surface area contributed by atoms with Crippen LogP contribution < -0.4 is 10.6 Å². The maximum atomic E-state index is 12.0. The lowest BCUT2D eigenvalue weighted by molar-refractivity contribution is -0.119. The molecule has 1 fully saturated rings. The zero-order chi connectivity index (χ0) is 25.5. The van der Waals surface area contributed by atoms with Crippen molar-refractivity contribution in [1.82, 2.24) is 15.0 Å². The molecule has 3 heterocycles. The first-order valence-electron chi connectivity index (χ1n) is 12.4. The van der Waals surface area contributed by atoms with Crippen molar-refractivity contribution >= 4 is 17.5 Å². The Morgan fingerprint density at radius 2 is 1.81 bits per heavy atom. The maximum absolute atomic E-state index is 12.0. The highest BCUT2D eigenvalue weighted by Gasteiger charge is 2.16. The first kappa shape index (κ1) is 25.3. The predicted octanol–water partition coefficient (Wildman–Crippen LogP) is 4.21. The Bertz CT molecular complexity index is 1270. The van der Waals surface area contributed by atoms with Crippen molar-refractivity contribution in [2.45, 2.75) is 40.0 Å². The molecule has 0 saturated carbocycles. The molecule has 7 nitrogen and oxygen atoms in total. The number of nitrogens with zero attached hydrogens (tertiary/aromatic N) is 4. The number of benzene rings is 1. The van der Waals surface area contributed by atoms with Crippen LogP contribution in [0.1, 0.15) is 49.1 Å².